The standard InChI is InChI=1S/C14H10FN3O2S/c15-8-4-3-7-11(12(8)13(16)18-19)21-14-17-9-5-1-2-6-10(9)20-14/h1-7,19H,(H2,16,18). The van der Waals surface area contributed by atoms with Gasteiger partial charge in [-0.25, -0.2) is 9.37 Å². The fourth-order valence-corrected chi connectivity index (χ4v) is 2.79. The second-order valence-corrected chi connectivity index (χ2v) is 5.14. The largest absolute Gasteiger partial charge is 0.431 e. The van der Waals surface area contributed by atoms with E-state index in [9.17, 15) is 4.39 Å². The van der Waals surface area contributed by atoms with Crippen LogP contribution in [0, 0.1) is 5.82 Å². The molecule has 21 heavy (non-hydrogen) atoms. The van der Waals surface area contributed by atoms with Gasteiger partial charge >= 0.3 is 0 Å². The van der Waals surface area contributed by atoms with E-state index in [4.69, 9.17) is 15.4 Å². The highest BCUT2D eigenvalue weighted by molar-refractivity contribution is 7.99. The number of amidine groups is 1. The fourth-order valence-electron chi connectivity index (χ4n) is 1.88. The molecule has 3 aromatic rings. The summed E-state index contributed by atoms with van der Waals surface area (Å²) in [6.45, 7) is 0. The maximum absolute atomic E-state index is 13.9. The number of fused-ring (bicyclic) bond motifs is 1. The van der Waals surface area contributed by atoms with Gasteiger partial charge in [-0.05, 0) is 36.0 Å². The number of para-hydroxylation sites is 2. The van der Waals surface area contributed by atoms with E-state index in [1.807, 2.05) is 18.2 Å². The van der Waals surface area contributed by atoms with E-state index in [0.29, 0.717) is 21.2 Å². The Morgan fingerprint density at radius 3 is 2.81 bits per heavy atom. The Morgan fingerprint density at radius 2 is 2.05 bits per heavy atom. The molecule has 0 unspecified atom stereocenters. The van der Waals surface area contributed by atoms with Crippen LogP contribution in [-0.2, 0) is 0 Å². The number of nitrogens with zero attached hydrogens (tertiary/aromatic N) is 2. The van der Waals surface area contributed by atoms with Crippen molar-refractivity contribution in [2.75, 3.05) is 0 Å². The summed E-state index contributed by atoms with van der Waals surface area (Å²) in [5, 5.41) is 12.0. The van der Waals surface area contributed by atoms with E-state index in [1.165, 1.54) is 12.1 Å². The van der Waals surface area contributed by atoms with Gasteiger partial charge in [0.2, 0.25) is 0 Å². The average molecular weight is 303 g/mol. The molecule has 0 atom stereocenters. The van der Waals surface area contributed by atoms with Crippen molar-refractivity contribution >= 4 is 28.7 Å². The molecule has 106 valence electrons. The minimum absolute atomic E-state index is 0.0206. The topological polar surface area (TPSA) is 84.6 Å². The first-order valence-electron chi connectivity index (χ1n) is 5.99. The molecule has 3 N–H and O–H groups in total. The molecule has 0 bridgehead atoms. The molecule has 0 saturated heterocycles. The van der Waals surface area contributed by atoms with Crippen LogP contribution in [0.15, 0.2) is 62.2 Å². The van der Waals surface area contributed by atoms with Gasteiger partial charge in [0.15, 0.2) is 11.4 Å². The van der Waals surface area contributed by atoms with Crippen LogP contribution in [0.25, 0.3) is 11.1 Å². The maximum Gasteiger partial charge on any atom is 0.261 e. The number of nitrogens with two attached hydrogens (primary N) is 1. The van der Waals surface area contributed by atoms with Crippen molar-refractivity contribution in [3.8, 4) is 0 Å². The highest BCUT2D eigenvalue weighted by Gasteiger charge is 2.16. The summed E-state index contributed by atoms with van der Waals surface area (Å²) in [6, 6.07) is 11.7. The number of oxazole rings is 1. The van der Waals surface area contributed by atoms with Gasteiger partial charge in [0.05, 0.1) is 5.56 Å². The summed E-state index contributed by atoms with van der Waals surface area (Å²) >= 11 is 1.11. The Balaban J connectivity index is 2.03. The quantitative estimate of drug-likeness (QED) is 0.336. The number of hydrogen-bond acceptors (Lipinski definition) is 5. The van der Waals surface area contributed by atoms with E-state index in [2.05, 4.69) is 10.1 Å². The monoisotopic (exact) mass is 303 g/mol. The van der Waals surface area contributed by atoms with Crippen molar-refractivity contribution in [1.82, 2.24) is 4.98 Å². The van der Waals surface area contributed by atoms with Gasteiger partial charge in [0, 0.05) is 4.90 Å². The number of rotatable bonds is 3. The van der Waals surface area contributed by atoms with Gasteiger partial charge in [-0.1, -0.05) is 23.4 Å². The summed E-state index contributed by atoms with van der Waals surface area (Å²) in [6.07, 6.45) is 0. The lowest BCUT2D eigenvalue weighted by molar-refractivity contribution is 0.318. The molecule has 0 aliphatic heterocycles. The molecular weight excluding hydrogens is 293 g/mol. The van der Waals surface area contributed by atoms with Gasteiger partial charge in [-0.2, -0.15) is 0 Å². The number of halogens is 1. The molecule has 0 radical (unpaired) electrons. The highest BCUT2D eigenvalue weighted by Crippen LogP contribution is 2.32. The van der Waals surface area contributed by atoms with Crippen LogP contribution in [0.4, 0.5) is 4.39 Å². The minimum Gasteiger partial charge on any atom is -0.431 e. The molecule has 7 heteroatoms. The zero-order chi connectivity index (χ0) is 14.8. The van der Waals surface area contributed by atoms with Crippen molar-refractivity contribution < 1.29 is 14.0 Å². The third-order valence-corrected chi connectivity index (χ3v) is 3.72. The summed E-state index contributed by atoms with van der Waals surface area (Å²) in [4.78, 5) is 4.75. The lowest BCUT2D eigenvalue weighted by Gasteiger charge is -2.06. The van der Waals surface area contributed by atoms with E-state index in [1.54, 1.807) is 12.1 Å². The number of benzene rings is 2. The average Bonchev–Trinajstić information content (AvgIpc) is 2.89. The van der Waals surface area contributed by atoms with Gasteiger partial charge in [-0.3, -0.25) is 0 Å². The SMILES string of the molecule is NC(=NO)c1c(F)cccc1Sc1nc2ccccc2o1. The minimum atomic E-state index is -0.577. The van der Waals surface area contributed by atoms with Crippen LogP contribution >= 0.6 is 11.8 Å². The van der Waals surface area contributed by atoms with Crippen LogP contribution in [-0.4, -0.2) is 16.0 Å². The van der Waals surface area contributed by atoms with Crippen molar-refractivity contribution in [2.24, 2.45) is 10.9 Å². The van der Waals surface area contributed by atoms with Crippen molar-refractivity contribution in [3.63, 3.8) is 0 Å². The van der Waals surface area contributed by atoms with E-state index in [0.717, 1.165) is 11.8 Å². The smallest absolute Gasteiger partial charge is 0.261 e. The highest BCUT2D eigenvalue weighted by atomic mass is 32.2. The molecule has 1 heterocycles. The zero-order valence-corrected chi connectivity index (χ0v) is 11.5. The first kappa shape index (κ1) is 13.4. The van der Waals surface area contributed by atoms with Crippen molar-refractivity contribution in [2.45, 2.75) is 10.1 Å². The molecular formula is C14H10FN3O2S. The summed E-state index contributed by atoms with van der Waals surface area (Å²) in [5.74, 6) is -0.877. The summed E-state index contributed by atoms with van der Waals surface area (Å²) < 4.78 is 19.4. The molecule has 1 aromatic heterocycles. The molecule has 0 spiro atoms. The predicted octanol–water partition coefficient (Wildman–Crippen LogP) is 3.21. The van der Waals surface area contributed by atoms with E-state index in [-0.39, 0.29) is 11.4 Å². The van der Waals surface area contributed by atoms with Crippen LogP contribution in [0.5, 0.6) is 0 Å². The Morgan fingerprint density at radius 1 is 1.24 bits per heavy atom. The van der Waals surface area contributed by atoms with Gasteiger partial charge < -0.3 is 15.4 Å². The fraction of sp³-hybridized carbons (Fsp3) is 0. The second kappa shape index (κ2) is 5.45. The Kier molecular flexibility index (Phi) is 3.49. The Labute approximate surface area is 123 Å². The lowest BCUT2D eigenvalue weighted by Crippen LogP contribution is -2.16. The van der Waals surface area contributed by atoms with Crippen LogP contribution < -0.4 is 5.73 Å². The normalized spacial score (nSPS) is 12.0. The Hall–Kier alpha value is -2.54. The van der Waals surface area contributed by atoms with E-state index >= 15 is 0 Å². The Bertz CT molecular complexity index is 799. The predicted molar refractivity (Wildman–Crippen MR) is 77.0 cm³/mol. The third kappa shape index (κ3) is 2.55. The molecule has 0 aliphatic carbocycles. The summed E-state index contributed by atoms with van der Waals surface area (Å²) in [5.41, 5.74) is 6.89. The molecule has 2 aromatic carbocycles. The maximum atomic E-state index is 13.9. The molecule has 0 amide bonds. The zero-order valence-electron chi connectivity index (χ0n) is 10.7. The molecule has 5 nitrogen and oxygen atoms in total. The van der Waals surface area contributed by atoms with Crippen molar-refractivity contribution in [3.05, 3.63) is 53.8 Å². The molecule has 0 fully saturated rings. The van der Waals surface area contributed by atoms with E-state index < -0.39 is 5.82 Å². The number of oxime groups is 1. The van der Waals surface area contributed by atoms with Crippen molar-refractivity contribution in [1.29, 1.82) is 0 Å². The van der Waals surface area contributed by atoms with Gasteiger partial charge in [-0.15, -0.1) is 0 Å². The second-order valence-electron chi connectivity index (χ2n) is 4.15. The first-order valence-corrected chi connectivity index (χ1v) is 6.80. The number of aromatic nitrogens is 1. The van der Waals surface area contributed by atoms with Crippen LogP contribution in [0.2, 0.25) is 0 Å². The van der Waals surface area contributed by atoms with Crippen LogP contribution in [0.1, 0.15) is 5.56 Å². The summed E-state index contributed by atoms with van der Waals surface area (Å²) in [7, 11) is 0. The third-order valence-electron chi connectivity index (χ3n) is 2.81. The molecule has 0 saturated carbocycles. The van der Waals surface area contributed by atoms with Crippen LogP contribution in [0.3, 0.4) is 0 Å². The first-order chi connectivity index (χ1) is 10.2. The van der Waals surface area contributed by atoms with Gasteiger partial charge in [0.25, 0.3) is 5.22 Å². The number of hydrogen-bond donors (Lipinski definition) is 2. The molecule has 0 aliphatic rings. The lowest BCUT2D eigenvalue weighted by atomic mass is 10.2. The molecule has 3 rings (SSSR count). The van der Waals surface area contributed by atoms with Gasteiger partial charge in [0.1, 0.15) is 11.3 Å².